The Kier molecular flexibility index (Phi) is 6.79. The fourth-order valence-corrected chi connectivity index (χ4v) is 4.70. The molecule has 0 radical (unpaired) electrons. The number of alkyl halides is 1. The van der Waals surface area contributed by atoms with Gasteiger partial charge in [0, 0.05) is 42.4 Å². The van der Waals surface area contributed by atoms with E-state index < -0.39 is 6.17 Å². The maximum atomic E-state index is 13.7. The fourth-order valence-electron chi connectivity index (χ4n) is 4.70. The second-order valence-corrected chi connectivity index (χ2v) is 8.61. The minimum Gasteiger partial charge on any atom is -0.354 e. The molecule has 0 aromatic carbocycles. The number of aromatic nitrogens is 4. The lowest BCUT2D eigenvalue weighted by Gasteiger charge is -2.29. The first kappa shape index (κ1) is 21.0. The largest absolute Gasteiger partial charge is 0.354 e. The molecule has 164 valence electrons. The molecular formula is C21H32FN7O. The van der Waals surface area contributed by atoms with E-state index in [0.717, 1.165) is 42.9 Å². The zero-order valence-corrected chi connectivity index (χ0v) is 17.3. The van der Waals surface area contributed by atoms with E-state index in [1.54, 1.807) is 12.5 Å². The first-order chi connectivity index (χ1) is 14.6. The third kappa shape index (κ3) is 5.07. The van der Waals surface area contributed by atoms with Crippen LogP contribution in [0.4, 0.5) is 10.3 Å². The zero-order valence-electron chi connectivity index (χ0n) is 17.3. The van der Waals surface area contributed by atoms with Crippen LogP contribution in [0.15, 0.2) is 17.3 Å². The molecular weight excluding hydrogens is 385 g/mol. The van der Waals surface area contributed by atoms with Gasteiger partial charge in [-0.25, -0.2) is 14.4 Å². The number of hydrogen-bond donors (Lipinski definition) is 5. The summed E-state index contributed by atoms with van der Waals surface area (Å²) in [6.07, 6.45) is 7.71. The summed E-state index contributed by atoms with van der Waals surface area (Å²) in [5.74, 6) is 0.817. The van der Waals surface area contributed by atoms with Crippen molar-refractivity contribution in [3.05, 3.63) is 39.8 Å². The van der Waals surface area contributed by atoms with Crippen LogP contribution in [0, 0.1) is 0 Å². The van der Waals surface area contributed by atoms with E-state index in [9.17, 15) is 9.18 Å². The summed E-state index contributed by atoms with van der Waals surface area (Å²) in [7, 11) is 0. The second-order valence-electron chi connectivity index (χ2n) is 8.61. The summed E-state index contributed by atoms with van der Waals surface area (Å²) in [5.41, 5.74) is 8.77. The summed E-state index contributed by atoms with van der Waals surface area (Å²) < 4.78 is 13.7. The van der Waals surface area contributed by atoms with Gasteiger partial charge >= 0.3 is 0 Å². The summed E-state index contributed by atoms with van der Waals surface area (Å²) in [6.45, 7) is 2.33. The van der Waals surface area contributed by atoms with Gasteiger partial charge < -0.3 is 21.4 Å². The molecule has 30 heavy (non-hydrogen) atoms. The van der Waals surface area contributed by atoms with Gasteiger partial charge in [0.25, 0.3) is 5.56 Å². The molecule has 2 aliphatic rings. The lowest BCUT2D eigenvalue weighted by atomic mass is 9.80. The molecule has 4 rings (SSSR count). The van der Waals surface area contributed by atoms with Gasteiger partial charge in [0.05, 0.1) is 12.0 Å². The SMILES string of the molecule is NC(CNc1nc(C2CCNCC2)c(C2CCC(F)CC2)c(=O)[nH]1)Cc1cnc[nH]1. The Morgan fingerprint density at radius 1 is 1.17 bits per heavy atom. The highest BCUT2D eigenvalue weighted by molar-refractivity contribution is 5.34. The van der Waals surface area contributed by atoms with Crippen molar-refractivity contribution in [1.82, 2.24) is 25.3 Å². The molecule has 0 bridgehead atoms. The molecule has 1 saturated carbocycles. The Labute approximate surface area is 175 Å². The van der Waals surface area contributed by atoms with Gasteiger partial charge in [-0.15, -0.1) is 0 Å². The quantitative estimate of drug-likeness (QED) is 0.469. The Morgan fingerprint density at radius 2 is 1.93 bits per heavy atom. The van der Waals surface area contributed by atoms with Crippen molar-refractivity contribution < 1.29 is 4.39 Å². The molecule has 0 spiro atoms. The summed E-state index contributed by atoms with van der Waals surface area (Å²) >= 11 is 0. The van der Waals surface area contributed by atoms with E-state index in [1.807, 2.05) is 0 Å². The molecule has 8 nitrogen and oxygen atoms in total. The van der Waals surface area contributed by atoms with E-state index in [4.69, 9.17) is 10.7 Å². The number of halogens is 1. The van der Waals surface area contributed by atoms with E-state index in [-0.39, 0.29) is 23.4 Å². The molecule has 1 aliphatic carbocycles. The number of nitrogens with zero attached hydrogens (tertiary/aromatic N) is 2. The first-order valence-electron chi connectivity index (χ1n) is 11.1. The maximum absolute atomic E-state index is 13.7. The second kappa shape index (κ2) is 9.70. The van der Waals surface area contributed by atoms with E-state index in [0.29, 0.717) is 44.6 Å². The van der Waals surface area contributed by atoms with Crippen LogP contribution in [0.25, 0.3) is 0 Å². The van der Waals surface area contributed by atoms with Crippen molar-refractivity contribution in [2.75, 3.05) is 25.0 Å². The number of nitrogens with two attached hydrogens (primary N) is 1. The molecule has 2 aromatic rings. The lowest BCUT2D eigenvalue weighted by Crippen LogP contribution is -2.34. The minimum atomic E-state index is -0.743. The third-order valence-corrected chi connectivity index (χ3v) is 6.34. The summed E-state index contributed by atoms with van der Waals surface area (Å²) in [4.78, 5) is 27.9. The molecule has 0 amide bonds. The number of H-pyrrole nitrogens is 2. The molecule has 1 aliphatic heterocycles. The fraction of sp³-hybridized carbons (Fsp3) is 0.667. The smallest absolute Gasteiger partial charge is 0.256 e. The molecule has 2 aromatic heterocycles. The van der Waals surface area contributed by atoms with Gasteiger partial charge in [0.15, 0.2) is 0 Å². The van der Waals surface area contributed by atoms with Crippen LogP contribution in [0.5, 0.6) is 0 Å². The van der Waals surface area contributed by atoms with Gasteiger partial charge in [-0.1, -0.05) is 0 Å². The van der Waals surface area contributed by atoms with Crippen LogP contribution in [-0.2, 0) is 6.42 Å². The normalized spacial score (nSPS) is 23.9. The Balaban J connectivity index is 1.53. The lowest BCUT2D eigenvalue weighted by molar-refractivity contribution is 0.234. The topological polar surface area (TPSA) is 125 Å². The van der Waals surface area contributed by atoms with Crippen LogP contribution in [0.1, 0.15) is 67.3 Å². The van der Waals surface area contributed by atoms with Crippen molar-refractivity contribution in [1.29, 1.82) is 0 Å². The average molecular weight is 418 g/mol. The van der Waals surface area contributed by atoms with E-state index in [2.05, 4.69) is 25.6 Å². The predicted molar refractivity (Wildman–Crippen MR) is 115 cm³/mol. The Hall–Kier alpha value is -2.26. The van der Waals surface area contributed by atoms with Crippen LogP contribution in [-0.4, -0.2) is 51.8 Å². The van der Waals surface area contributed by atoms with Crippen molar-refractivity contribution >= 4 is 5.95 Å². The molecule has 3 heterocycles. The number of imidazole rings is 1. The summed E-state index contributed by atoms with van der Waals surface area (Å²) in [5, 5.41) is 6.59. The average Bonchev–Trinajstić information content (AvgIpc) is 3.26. The van der Waals surface area contributed by atoms with Gasteiger partial charge in [0.1, 0.15) is 6.17 Å². The van der Waals surface area contributed by atoms with E-state index in [1.165, 1.54) is 0 Å². The van der Waals surface area contributed by atoms with Crippen molar-refractivity contribution in [2.45, 2.75) is 69.0 Å². The van der Waals surface area contributed by atoms with Gasteiger partial charge in [-0.3, -0.25) is 9.78 Å². The number of nitrogens with one attached hydrogen (secondary N) is 4. The molecule has 9 heteroatoms. The Morgan fingerprint density at radius 3 is 2.63 bits per heavy atom. The van der Waals surface area contributed by atoms with Gasteiger partial charge in [0.2, 0.25) is 5.95 Å². The highest BCUT2D eigenvalue weighted by atomic mass is 19.1. The molecule has 1 saturated heterocycles. The molecule has 1 atom stereocenters. The minimum absolute atomic E-state index is 0.0921. The van der Waals surface area contributed by atoms with Crippen molar-refractivity contribution in [2.24, 2.45) is 5.73 Å². The van der Waals surface area contributed by atoms with Crippen LogP contribution >= 0.6 is 0 Å². The number of rotatable bonds is 7. The van der Waals surface area contributed by atoms with Crippen LogP contribution in [0.3, 0.4) is 0 Å². The van der Waals surface area contributed by atoms with Gasteiger partial charge in [-0.05, 0) is 57.5 Å². The van der Waals surface area contributed by atoms with Crippen LogP contribution < -0.4 is 21.9 Å². The number of piperidine rings is 1. The molecule has 1 unspecified atom stereocenters. The highest BCUT2D eigenvalue weighted by Gasteiger charge is 2.30. The maximum Gasteiger partial charge on any atom is 0.256 e. The van der Waals surface area contributed by atoms with E-state index >= 15 is 0 Å². The standard InChI is InChI=1S/C21H32FN7O/c22-15-3-1-13(2-4-15)18-19(14-5-7-24-8-6-14)28-21(29-20(18)30)26-10-16(23)9-17-11-25-12-27-17/h11-16,24H,1-10,23H2,(H,25,27)(H2,26,28,29,30). The molecule has 2 fully saturated rings. The monoisotopic (exact) mass is 417 g/mol. The first-order valence-corrected chi connectivity index (χ1v) is 11.1. The highest BCUT2D eigenvalue weighted by Crippen LogP contribution is 2.37. The number of aromatic amines is 2. The zero-order chi connectivity index (χ0) is 20.9. The molecule has 6 N–H and O–H groups in total. The summed E-state index contributed by atoms with van der Waals surface area (Å²) in [6, 6.07) is -0.141. The van der Waals surface area contributed by atoms with Crippen molar-refractivity contribution in [3.8, 4) is 0 Å². The predicted octanol–water partition coefficient (Wildman–Crippen LogP) is 1.94. The van der Waals surface area contributed by atoms with Crippen molar-refractivity contribution in [3.63, 3.8) is 0 Å². The number of anilines is 1. The third-order valence-electron chi connectivity index (χ3n) is 6.34. The van der Waals surface area contributed by atoms with Gasteiger partial charge in [-0.2, -0.15) is 0 Å². The van der Waals surface area contributed by atoms with Crippen LogP contribution in [0.2, 0.25) is 0 Å². The Bertz CT molecular complexity index is 855. The number of hydrogen-bond acceptors (Lipinski definition) is 6.